The molecule has 0 aromatic carbocycles. The van der Waals surface area contributed by atoms with Gasteiger partial charge in [0.2, 0.25) is 0 Å². The molecule has 0 radical (unpaired) electrons. The summed E-state index contributed by atoms with van der Waals surface area (Å²) in [6.45, 7) is 2.64. The first kappa shape index (κ1) is 15.3. The van der Waals surface area contributed by atoms with Gasteiger partial charge in [-0.3, -0.25) is 4.79 Å². The Morgan fingerprint density at radius 2 is 2.22 bits per heavy atom. The molecule has 0 spiro atoms. The van der Waals surface area contributed by atoms with Crippen molar-refractivity contribution >= 4 is 29.5 Å². The van der Waals surface area contributed by atoms with Crippen LogP contribution in [0.2, 0.25) is 0 Å². The van der Waals surface area contributed by atoms with E-state index in [2.05, 4.69) is 17.1 Å². The van der Waals surface area contributed by atoms with Crippen molar-refractivity contribution in [2.24, 2.45) is 0 Å². The molecule has 0 unspecified atom stereocenters. The summed E-state index contributed by atoms with van der Waals surface area (Å²) in [5.74, 6) is 1.66. The van der Waals surface area contributed by atoms with Crippen molar-refractivity contribution in [2.75, 3.05) is 17.3 Å². The smallest absolute Gasteiger partial charge is 0.313 e. The van der Waals surface area contributed by atoms with Crippen LogP contribution in [0.15, 0.2) is 5.16 Å². The van der Waals surface area contributed by atoms with Crippen molar-refractivity contribution in [2.45, 2.75) is 31.7 Å². The van der Waals surface area contributed by atoms with Gasteiger partial charge in [-0.15, -0.1) is 10.2 Å². The number of aliphatic hydroxyl groups excluding tert-OH is 1. The summed E-state index contributed by atoms with van der Waals surface area (Å²) in [5.41, 5.74) is 0. The van der Waals surface area contributed by atoms with Gasteiger partial charge in [0, 0.05) is 6.54 Å². The fraction of sp³-hybridized carbons (Fsp3) is 0.700. The van der Waals surface area contributed by atoms with E-state index in [4.69, 9.17) is 10.2 Å². The molecule has 0 saturated carbocycles. The summed E-state index contributed by atoms with van der Waals surface area (Å²) in [4.78, 5) is 10.5. The molecular formula is C10H17N3O3S2. The van der Waals surface area contributed by atoms with Crippen LogP contribution in [-0.4, -0.2) is 48.2 Å². The van der Waals surface area contributed by atoms with Gasteiger partial charge in [0.05, 0.1) is 5.75 Å². The molecule has 0 bridgehead atoms. The lowest BCUT2D eigenvalue weighted by atomic mass is 10.4. The van der Waals surface area contributed by atoms with Crippen molar-refractivity contribution < 1.29 is 15.0 Å². The Balaban J connectivity index is 2.60. The summed E-state index contributed by atoms with van der Waals surface area (Å²) in [5, 5.41) is 26.1. The highest BCUT2D eigenvalue weighted by Gasteiger charge is 2.12. The normalized spacial score (nSPS) is 10.8. The largest absolute Gasteiger partial charge is 0.481 e. The summed E-state index contributed by atoms with van der Waals surface area (Å²) < 4.78 is 1.80. The third-order valence-corrected chi connectivity index (χ3v) is 4.07. The molecule has 0 aliphatic carbocycles. The lowest BCUT2D eigenvalue weighted by Gasteiger charge is -2.07. The Bertz CT molecular complexity index is 384. The monoisotopic (exact) mass is 291 g/mol. The molecule has 0 fully saturated rings. The van der Waals surface area contributed by atoms with Crippen LogP contribution in [0.5, 0.6) is 0 Å². The number of carboxylic acid groups (broad SMARTS) is 1. The average Bonchev–Trinajstić information content (AvgIpc) is 2.74. The second-order valence-electron chi connectivity index (χ2n) is 3.44. The van der Waals surface area contributed by atoms with Crippen LogP contribution in [0.1, 0.15) is 19.2 Å². The van der Waals surface area contributed by atoms with E-state index in [1.54, 1.807) is 4.57 Å². The quantitative estimate of drug-likeness (QED) is 0.520. The number of aromatic nitrogens is 3. The first-order valence-electron chi connectivity index (χ1n) is 5.64. The maximum absolute atomic E-state index is 10.5. The van der Waals surface area contributed by atoms with E-state index in [1.807, 2.05) is 11.8 Å². The van der Waals surface area contributed by atoms with Gasteiger partial charge in [-0.05, 0) is 17.9 Å². The lowest BCUT2D eigenvalue weighted by molar-refractivity contribution is -0.133. The van der Waals surface area contributed by atoms with Gasteiger partial charge in [-0.1, -0.05) is 18.7 Å². The zero-order valence-electron chi connectivity index (χ0n) is 10.2. The molecule has 1 aromatic rings. The molecule has 18 heavy (non-hydrogen) atoms. The topological polar surface area (TPSA) is 88.2 Å². The van der Waals surface area contributed by atoms with Crippen LogP contribution >= 0.6 is 23.5 Å². The van der Waals surface area contributed by atoms with Gasteiger partial charge >= 0.3 is 5.97 Å². The zero-order chi connectivity index (χ0) is 13.4. The summed E-state index contributed by atoms with van der Waals surface area (Å²) >= 11 is 2.98. The maximum Gasteiger partial charge on any atom is 0.313 e. The number of hydrogen-bond acceptors (Lipinski definition) is 6. The number of nitrogens with zero attached hydrogens (tertiary/aromatic N) is 3. The van der Waals surface area contributed by atoms with Gasteiger partial charge < -0.3 is 14.8 Å². The Morgan fingerprint density at radius 1 is 1.44 bits per heavy atom. The van der Waals surface area contributed by atoms with Crippen LogP contribution in [0.4, 0.5) is 0 Å². The SMILES string of the molecule is CCSCCCn1c(CO)nnc1SCC(=O)O. The predicted octanol–water partition coefficient (Wildman–Crippen LogP) is 1.09. The van der Waals surface area contributed by atoms with Crippen LogP contribution in [-0.2, 0) is 17.9 Å². The second kappa shape index (κ2) is 8.39. The van der Waals surface area contributed by atoms with E-state index in [0.29, 0.717) is 17.5 Å². The summed E-state index contributed by atoms with van der Waals surface area (Å²) in [6, 6.07) is 0. The minimum Gasteiger partial charge on any atom is -0.481 e. The predicted molar refractivity (Wildman–Crippen MR) is 71.9 cm³/mol. The van der Waals surface area contributed by atoms with Crippen molar-refractivity contribution in [3.63, 3.8) is 0 Å². The van der Waals surface area contributed by atoms with Crippen LogP contribution < -0.4 is 0 Å². The van der Waals surface area contributed by atoms with E-state index in [0.717, 1.165) is 29.7 Å². The van der Waals surface area contributed by atoms with Crippen molar-refractivity contribution in [3.05, 3.63) is 5.82 Å². The molecule has 8 heteroatoms. The zero-order valence-corrected chi connectivity index (χ0v) is 11.8. The van der Waals surface area contributed by atoms with E-state index < -0.39 is 5.97 Å². The molecule has 1 aromatic heterocycles. The minimum absolute atomic E-state index is 0.0483. The summed E-state index contributed by atoms with van der Waals surface area (Å²) in [7, 11) is 0. The van der Waals surface area contributed by atoms with E-state index >= 15 is 0 Å². The van der Waals surface area contributed by atoms with Crippen LogP contribution in [0.3, 0.4) is 0 Å². The maximum atomic E-state index is 10.5. The Labute approximate surface area is 114 Å². The van der Waals surface area contributed by atoms with Gasteiger partial charge in [-0.25, -0.2) is 0 Å². The third kappa shape index (κ3) is 4.87. The first-order chi connectivity index (χ1) is 8.69. The molecule has 0 atom stereocenters. The number of thioether (sulfide) groups is 2. The van der Waals surface area contributed by atoms with Gasteiger partial charge in [0.1, 0.15) is 6.61 Å². The molecule has 0 saturated heterocycles. The molecule has 102 valence electrons. The molecule has 0 aliphatic rings. The lowest BCUT2D eigenvalue weighted by Crippen LogP contribution is -2.08. The number of rotatable bonds is 9. The molecule has 1 rings (SSSR count). The van der Waals surface area contributed by atoms with Crippen molar-refractivity contribution in [3.8, 4) is 0 Å². The van der Waals surface area contributed by atoms with Crippen LogP contribution in [0.25, 0.3) is 0 Å². The number of carboxylic acids is 1. The fourth-order valence-electron chi connectivity index (χ4n) is 1.36. The third-order valence-electron chi connectivity index (χ3n) is 2.13. The molecular weight excluding hydrogens is 274 g/mol. The van der Waals surface area contributed by atoms with E-state index in [-0.39, 0.29) is 12.4 Å². The fourth-order valence-corrected chi connectivity index (χ4v) is 2.69. The Morgan fingerprint density at radius 3 is 2.83 bits per heavy atom. The van der Waals surface area contributed by atoms with Gasteiger partial charge in [0.15, 0.2) is 11.0 Å². The summed E-state index contributed by atoms with van der Waals surface area (Å²) in [6.07, 6.45) is 0.949. The highest BCUT2D eigenvalue weighted by atomic mass is 32.2. The second-order valence-corrected chi connectivity index (χ2v) is 5.78. The number of carbonyl (C=O) groups is 1. The number of aliphatic carboxylic acids is 1. The number of aliphatic hydroxyl groups is 1. The van der Waals surface area contributed by atoms with E-state index in [9.17, 15) is 4.79 Å². The molecule has 2 N–H and O–H groups in total. The average molecular weight is 291 g/mol. The Hall–Kier alpha value is -0.730. The molecule has 6 nitrogen and oxygen atoms in total. The standard InChI is InChI=1S/C10H17N3O3S2/c1-2-17-5-3-4-13-8(6-14)11-12-10(13)18-7-9(15)16/h14H,2-7H2,1H3,(H,15,16). The van der Waals surface area contributed by atoms with Gasteiger partial charge in [-0.2, -0.15) is 11.8 Å². The Kier molecular flexibility index (Phi) is 7.14. The highest BCUT2D eigenvalue weighted by Crippen LogP contribution is 2.18. The van der Waals surface area contributed by atoms with E-state index in [1.165, 1.54) is 0 Å². The van der Waals surface area contributed by atoms with Crippen molar-refractivity contribution in [1.29, 1.82) is 0 Å². The molecule has 1 heterocycles. The first-order valence-corrected chi connectivity index (χ1v) is 7.78. The van der Waals surface area contributed by atoms with Crippen LogP contribution in [0, 0.1) is 0 Å². The number of hydrogen-bond donors (Lipinski definition) is 2. The molecule has 0 aliphatic heterocycles. The highest BCUT2D eigenvalue weighted by molar-refractivity contribution is 7.99. The minimum atomic E-state index is -0.887. The molecule has 0 amide bonds. The van der Waals surface area contributed by atoms with Gasteiger partial charge in [0.25, 0.3) is 0 Å². The van der Waals surface area contributed by atoms with Crippen molar-refractivity contribution in [1.82, 2.24) is 14.8 Å².